The topological polar surface area (TPSA) is 30.0 Å². The largest absolute Gasteiger partial charge is 0.294 e. The highest BCUT2D eigenvalue weighted by molar-refractivity contribution is 7.07. The van der Waals surface area contributed by atoms with Crippen molar-refractivity contribution in [2.24, 2.45) is 0 Å². The SMILES string of the molecule is O=C1CC=CC=C1c1cscn1. The average Bonchev–Trinajstić information content (AvgIpc) is 2.57. The number of carbonyl (C=O) groups is 1. The van der Waals surface area contributed by atoms with E-state index in [2.05, 4.69) is 4.98 Å². The number of rotatable bonds is 1. The summed E-state index contributed by atoms with van der Waals surface area (Å²) in [5.74, 6) is 0.156. The maximum absolute atomic E-state index is 11.3. The average molecular weight is 177 g/mol. The van der Waals surface area contributed by atoms with Crippen molar-refractivity contribution in [3.8, 4) is 0 Å². The van der Waals surface area contributed by atoms with Gasteiger partial charge >= 0.3 is 0 Å². The van der Waals surface area contributed by atoms with Gasteiger partial charge in [0, 0.05) is 17.4 Å². The Labute approximate surface area is 74.3 Å². The van der Waals surface area contributed by atoms with E-state index in [1.807, 2.05) is 23.6 Å². The third-order valence-corrected chi connectivity index (χ3v) is 2.30. The molecule has 1 heterocycles. The first-order valence-electron chi connectivity index (χ1n) is 3.66. The number of hydrogen-bond donors (Lipinski definition) is 0. The predicted octanol–water partition coefficient (Wildman–Crippen LogP) is 2.06. The third-order valence-electron chi connectivity index (χ3n) is 1.71. The van der Waals surface area contributed by atoms with Crippen LogP contribution in [0.4, 0.5) is 0 Å². The zero-order valence-electron chi connectivity index (χ0n) is 6.36. The molecule has 0 fully saturated rings. The second kappa shape index (κ2) is 3.03. The summed E-state index contributed by atoms with van der Waals surface area (Å²) in [6.45, 7) is 0. The maximum atomic E-state index is 11.3. The van der Waals surface area contributed by atoms with Crippen molar-refractivity contribution in [3.63, 3.8) is 0 Å². The minimum atomic E-state index is 0.156. The summed E-state index contributed by atoms with van der Waals surface area (Å²) in [5.41, 5.74) is 3.27. The zero-order valence-corrected chi connectivity index (χ0v) is 7.17. The molecule has 0 bridgehead atoms. The standard InChI is InChI=1S/C9H7NOS/c11-9-4-2-1-3-7(9)8-5-12-6-10-8/h1-3,5-6H,4H2. The number of thiazole rings is 1. The Morgan fingerprint density at radius 1 is 1.50 bits per heavy atom. The molecule has 12 heavy (non-hydrogen) atoms. The molecule has 0 unspecified atom stereocenters. The molecule has 0 spiro atoms. The number of nitrogens with zero attached hydrogens (tertiary/aromatic N) is 1. The minimum absolute atomic E-state index is 0.156. The molecule has 1 aromatic heterocycles. The van der Waals surface area contributed by atoms with Crippen LogP contribution in [-0.2, 0) is 4.79 Å². The lowest BCUT2D eigenvalue weighted by atomic mass is 10.0. The Hall–Kier alpha value is -1.22. The summed E-state index contributed by atoms with van der Waals surface area (Å²) in [6, 6.07) is 0. The lowest BCUT2D eigenvalue weighted by molar-refractivity contribution is -0.113. The third kappa shape index (κ3) is 1.23. The number of hydrogen-bond acceptors (Lipinski definition) is 3. The van der Waals surface area contributed by atoms with Crippen molar-refractivity contribution >= 4 is 22.7 Å². The maximum Gasteiger partial charge on any atom is 0.168 e. The van der Waals surface area contributed by atoms with E-state index < -0.39 is 0 Å². The normalized spacial score (nSPS) is 16.3. The van der Waals surface area contributed by atoms with Crippen molar-refractivity contribution in [2.45, 2.75) is 6.42 Å². The summed E-state index contributed by atoms with van der Waals surface area (Å²) in [6.07, 6.45) is 6.08. The Bertz CT molecular complexity index is 349. The molecule has 0 aliphatic heterocycles. The van der Waals surface area contributed by atoms with E-state index in [-0.39, 0.29) is 5.78 Å². The monoisotopic (exact) mass is 177 g/mol. The lowest BCUT2D eigenvalue weighted by Gasteiger charge is -2.03. The fourth-order valence-corrected chi connectivity index (χ4v) is 1.67. The second-order valence-electron chi connectivity index (χ2n) is 2.51. The fraction of sp³-hybridized carbons (Fsp3) is 0.111. The van der Waals surface area contributed by atoms with Crippen LogP contribution >= 0.6 is 11.3 Å². The van der Waals surface area contributed by atoms with Crippen molar-refractivity contribution in [1.29, 1.82) is 0 Å². The Morgan fingerprint density at radius 3 is 3.08 bits per heavy atom. The summed E-state index contributed by atoms with van der Waals surface area (Å²) >= 11 is 1.51. The van der Waals surface area contributed by atoms with Crippen LogP contribution in [0.15, 0.2) is 29.1 Å². The van der Waals surface area contributed by atoms with Crippen LogP contribution in [0.2, 0.25) is 0 Å². The Morgan fingerprint density at radius 2 is 2.42 bits per heavy atom. The molecule has 2 rings (SSSR count). The number of allylic oxidation sites excluding steroid dienone is 4. The second-order valence-corrected chi connectivity index (χ2v) is 3.23. The molecule has 0 aromatic carbocycles. The first kappa shape index (κ1) is 7.43. The predicted molar refractivity (Wildman–Crippen MR) is 48.9 cm³/mol. The number of Topliss-reactive ketones (excluding diaryl/α,β-unsaturated/α-hetero) is 1. The highest BCUT2D eigenvalue weighted by Gasteiger charge is 2.13. The van der Waals surface area contributed by atoms with Crippen molar-refractivity contribution in [3.05, 3.63) is 34.8 Å². The molecule has 1 aliphatic carbocycles. The van der Waals surface area contributed by atoms with E-state index >= 15 is 0 Å². The van der Waals surface area contributed by atoms with E-state index in [1.54, 1.807) is 5.51 Å². The molecule has 2 nitrogen and oxygen atoms in total. The van der Waals surface area contributed by atoms with Gasteiger partial charge in [0.2, 0.25) is 0 Å². The van der Waals surface area contributed by atoms with Crippen molar-refractivity contribution in [1.82, 2.24) is 4.98 Å². The minimum Gasteiger partial charge on any atom is -0.294 e. The van der Waals surface area contributed by atoms with Gasteiger partial charge in [-0.15, -0.1) is 11.3 Å². The number of ketones is 1. The quantitative estimate of drug-likeness (QED) is 0.657. The molecule has 1 aromatic rings. The lowest BCUT2D eigenvalue weighted by Crippen LogP contribution is -2.02. The van der Waals surface area contributed by atoms with E-state index in [1.165, 1.54) is 11.3 Å². The van der Waals surface area contributed by atoms with Gasteiger partial charge < -0.3 is 0 Å². The summed E-state index contributed by atoms with van der Waals surface area (Å²) in [7, 11) is 0. The molecule has 0 saturated heterocycles. The molecule has 0 amide bonds. The molecule has 3 heteroatoms. The van der Waals surface area contributed by atoms with Gasteiger partial charge in [0.1, 0.15) is 0 Å². The van der Waals surface area contributed by atoms with E-state index in [4.69, 9.17) is 0 Å². The van der Waals surface area contributed by atoms with Crippen LogP contribution in [0.3, 0.4) is 0 Å². The van der Waals surface area contributed by atoms with Crippen LogP contribution in [-0.4, -0.2) is 10.8 Å². The molecule has 1 aliphatic rings. The Balaban J connectivity index is 2.40. The van der Waals surface area contributed by atoms with E-state index in [0.29, 0.717) is 6.42 Å². The molecular weight excluding hydrogens is 170 g/mol. The number of aromatic nitrogens is 1. The van der Waals surface area contributed by atoms with Crippen LogP contribution < -0.4 is 0 Å². The van der Waals surface area contributed by atoms with Crippen LogP contribution in [0.5, 0.6) is 0 Å². The zero-order chi connectivity index (χ0) is 8.39. The molecule has 0 N–H and O–H groups in total. The first-order valence-corrected chi connectivity index (χ1v) is 4.61. The fourth-order valence-electron chi connectivity index (χ4n) is 1.12. The molecule has 0 saturated carbocycles. The summed E-state index contributed by atoms with van der Waals surface area (Å²) in [5, 5.41) is 1.89. The van der Waals surface area contributed by atoms with Crippen LogP contribution in [0.25, 0.3) is 5.57 Å². The Kier molecular flexibility index (Phi) is 1.87. The van der Waals surface area contributed by atoms with Gasteiger partial charge in [0.05, 0.1) is 11.2 Å². The van der Waals surface area contributed by atoms with Crippen molar-refractivity contribution in [2.75, 3.05) is 0 Å². The first-order chi connectivity index (χ1) is 5.88. The molecule has 60 valence electrons. The molecular formula is C9H7NOS. The highest BCUT2D eigenvalue weighted by Crippen LogP contribution is 2.19. The summed E-state index contributed by atoms with van der Waals surface area (Å²) in [4.78, 5) is 15.4. The van der Waals surface area contributed by atoms with Gasteiger partial charge in [-0.1, -0.05) is 12.2 Å². The number of carbonyl (C=O) groups excluding carboxylic acids is 1. The van der Waals surface area contributed by atoms with E-state index in [0.717, 1.165) is 11.3 Å². The van der Waals surface area contributed by atoms with Gasteiger partial charge in [0.15, 0.2) is 5.78 Å². The van der Waals surface area contributed by atoms with Gasteiger partial charge in [-0.05, 0) is 6.08 Å². The van der Waals surface area contributed by atoms with Gasteiger partial charge in [-0.2, -0.15) is 0 Å². The smallest absolute Gasteiger partial charge is 0.168 e. The molecule has 0 atom stereocenters. The van der Waals surface area contributed by atoms with Crippen LogP contribution in [0, 0.1) is 0 Å². The van der Waals surface area contributed by atoms with Gasteiger partial charge in [-0.25, -0.2) is 4.98 Å². The van der Waals surface area contributed by atoms with Crippen LogP contribution in [0.1, 0.15) is 12.1 Å². The van der Waals surface area contributed by atoms with Gasteiger partial charge in [-0.3, -0.25) is 4.79 Å². The van der Waals surface area contributed by atoms with E-state index in [9.17, 15) is 4.79 Å². The van der Waals surface area contributed by atoms with Gasteiger partial charge in [0.25, 0.3) is 0 Å². The van der Waals surface area contributed by atoms with Crippen molar-refractivity contribution < 1.29 is 4.79 Å². The summed E-state index contributed by atoms with van der Waals surface area (Å²) < 4.78 is 0. The molecule has 0 radical (unpaired) electrons. The highest BCUT2D eigenvalue weighted by atomic mass is 32.1.